The van der Waals surface area contributed by atoms with Crippen molar-refractivity contribution in [2.75, 3.05) is 0 Å². The first-order chi connectivity index (χ1) is 5.86. The summed E-state index contributed by atoms with van der Waals surface area (Å²) in [6.45, 7) is 0. The highest BCUT2D eigenvalue weighted by Crippen LogP contribution is 2.27. The molecule has 1 aromatic heterocycles. The van der Waals surface area contributed by atoms with Crippen molar-refractivity contribution in [2.45, 2.75) is 0 Å². The number of thiazole rings is 1. The van der Waals surface area contributed by atoms with Gasteiger partial charge in [-0.2, -0.15) is 4.98 Å². The molecule has 0 fully saturated rings. The molecule has 0 bridgehead atoms. The average molecular weight is 194 g/mol. The Morgan fingerprint density at radius 3 is 2.50 bits per heavy atom. The summed E-state index contributed by atoms with van der Waals surface area (Å²) in [4.78, 5) is 4.26. The predicted octanol–water partition coefficient (Wildman–Crippen LogP) is 3.19. The fourth-order valence-corrected chi connectivity index (χ4v) is 2.19. The molecule has 1 atom stereocenters. The molecule has 3 heteroatoms. The highest BCUT2D eigenvalue weighted by molar-refractivity contribution is 8.33. The second-order valence-corrected chi connectivity index (χ2v) is 4.86. The summed E-state index contributed by atoms with van der Waals surface area (Å²) in [5.41, 5.74) is 4.07. The van der Waals surface area contributed by atoms with Crippen LogP contribution in [0.1, 0.15) is 0 Å². The zero-order chi connectivity index (χ0) is 8.39. The van der Waals surface area contributed by atoms with E-state index in [1.54, 1.807) is 0 Å². The van der Waals surface area contributed by atoms with Crippen LogP contribution >= 0.6 is 21.2 Å². The van der Waals surface area contributed by atoms with Crippen molar-refractivity contribution in [1.29, 1.82) is 0 Å². The lowest BCUT2D eigenvalue weighted by molar-refractivity contribution is 1.41. The third-order valence-corrected chi connectivity index (χ3v) is 2.99. The highest BCUT2D eigenvalue weighted by atomic mass is 33.1. The molecule has 0 N–H and O–H groups in total. The van der Waals surface area contributed by atoms with E-state index in [9.17, 15) is 0 Å². The largest absolute Gasteiger partial charge is 0.242 e. The molecule has 12 heavy (non-hydrogen) atoms. The maximum Gasteiger partial charge on any atom is 0.242 e. The van der Waals surface area contributed by atoms with Crippen molar-refractivity contribution in [1.82, 2.24) is 4.98 Å². The van der Waals surface area contributed by atoms with Crippen LogP contribution in [-0.2, 0) is 0 Å². The van der Waals surface area contributed by atoms with Gasteiger partial charge in [-0.1, -0.05) is 30.3 Å². The van der Waals surface area contributed by atoms with E-state index in [0.717, 1.165) is 11.3 Å². The predicted molar refractivity (Wildman–Crippen MR) is 56.5 cm³/mol. The minimum Gasteiger partial charge on any atom is -0.199 e. The van der Waals surface area contributed by atoms with E-state index in [0.29, 0.717) is 0 Å². The third-order valence-electron chi connectivity index (χ3n) is 1.60. The normalized spacial score (nSPS) is 11.6. The van der Waals surface area contributed by atoms with Crippen LogP contribution in [0.25, 0.3) is 11.3 Å². The first-order valence-electron chi connectivity index (χ1n) is 3.59. The van der Waals surface area contributed by atoms with Gasteiger partial charge >= 0.3 is 0 Å². The van der Waals surface area contributed by atoms with Gasteiger partial charge in [0, 0.05) is 5.56 Å². The monoisotopic (exact) mass is 194 g/mol. The van der Waals surface area contributed by atoms with E-state index >= 15 is 0 Å². The summed E-state index contributed by atoms with van der Waals surface area (Å²) in [5.74, 6) is 0. The lowest BCUT2D eigenvalue weighted by Gasteiger charge is -1.90. The Morgan fingerprint density at radius 1 is 1.17 bits per heavy atom. The highest BCUT2D eigenvalue weighted by Gasteiger charge is 2.06. The van der Waals surface area contributed by atoms with Crippen LogP contribution in [0.3, 0.4) is 0 Å². The molecule has 0 spiro atoms. The van der Waals surface area contributed by atoms with Gasteiger partial charge in [0.2, 0.25) is 5.51 Å². The van der Waals surface area contributed by atoms with E-state index in [1.165, 1.54) is 0 Å². The summed E-state index contributed by atoms with van der Waals surface area (Å²) in [6, 6.07) is 10.1. The second-order valence-electron chi connectivity index (χ2n) is 2.45. The standard InChI is InChI=1S/C9H8NS2/c11-12-6-9(10-7-12)8-4-2-1-3-5-8/h1-7,11H/q+1. The zero-order valence-corrected chi connectivity index (χ0v) is 8.06. The number of aromatic nitrogens is 1. The van der Waals surface area contributed by atoms with Crippen LogP contribution in [0.2, 0.25) is 0 Å². The molecule has 0 aliphatic heterocycles. The third kappa shape index (κ3) is 1.52. The van der Waals surface area contributed by atoms with Gasteiger partial charge in [0.05, 0.1) is 9.50 Å². The second kappa shape index (κ2) is 3.29. The maximum atomic E-state index is 4.30. The first kappa shape index (κ1) is 7.83. The van der Waals surface area contributed by atoms with Gasteiger partial charge in [0.15, 0.2) is 5.38 Å². The summed E-state index contributed by atoms with van der Waals surface area (Å²) >= 11 is 4.30. The van der Waals surface area contributed by atoms with Crippen molar-refractivity contribution in [2.24, 2.45) is 0 Å². The van der Waals surface area contributed by atoms with Crippen molar-refractivity contribution in [3.8, 4) is 11.3 Å². The van der Waals surface area contributed by atoms with E-state index in [-0.39, 0.29) is 9.50 Å². The van der Waals surface area contributed by atoms with Gasteiger partial charge in [0.1, 0.15) is 17.4 Å². The summed E-state index contributed by atoms with van der Waals surface area (Å²) in [6.07, 6.45) is 0. The smallest absolute Gasteiger partial charge is 0.199 e. The molecule has 2 aromatic rings. The van der Waals surface area contributed by atoms with Crippen LogP contribution in [-0.4, -0.2) is 4.98 Å². The van der Waals surface area contributed by atoms with E-state index in [2.05, 4.69) is 34.2 Å². The van der Waals surface area contributed by atoms with Gasteiger partial charge in [-0.3, -0.25) is 0 Å². The number of hydrogen-bond acceptors (Lipinski definition) is 2. The topological polar surface area (TPSA) is 12.9 Å². The SMILES string of the molecule is S[s+]1cnc(-c2ccccc2)c1. The number of rotatable bonds is 1. The lowest BCUT2D eigenvalue weighted by atomic mass is 10.2. The Morgan fingerprint density at radius 2 is 1.92 bits per heavy atom. The van der Waals surface area contributed by atoms with Crippen molar-refractivity contribution < 1.29 is 0 Å². The van der Waals surface area contributed by atoms with Crippen LogP contribution < -0.4 is 0 Å². The molecule has 1 heterocycles. The molecule has 0 aliphatic rings. The molecule has 60 valence electrons. The Bertz CT molecular complexity index is 367. The number of nitrogens with zero attached hydrogens (tertiary/aromatic N) is 1. The minimum atomic E-state index is -0.0627. The molecule has 2 rings (SSSR count). The molecule has 0 saturated carbocycles. The number of hydrogen-bond donors (Lipinski definition) is 1. The van der Waals surface area contributed by atoms with Crippen molar-refractivity contribution >= 4 is 21.2 Å². The molecule has 1 unspecified atom stereocenters. The molecule has 1 aromatic carbocycles. The average Bonchev–Trinajstić information content (AvgIpc) is 2.54. The maximum absolute atomic E-state index is 4.30. The van der Waals surface area contributed by atoms with Crippen LogP contribution in [0, 0.1) is 0 Å². The van der Waals surface area contributed by atoms with E-state index in [4.69, 9.17) is 0 Å². The Balaban J connectivity index is 2.45. The van der Waals surface area contributed by atoms with Crippen molar-refractivity contribution in [3.63, 3.8) is 0 Å². The van der Waals surface area contributed by atoms with Crippen LogP contribution in [0.4, 0.5) is 0 Å². The Kier molecular flexibility index (Phi) is 2.15. The van der Waals surface area contributed by atoms with Gasteiger partial charge < -0.3 is 0 Å². The molecular formula is C9H8NS2+. The van der Waals surface area contributed by atoms with Gasteiger partial charge in [-0.05, 0) is 0 Å². The fourth-order valence-electron chi connectivity index (χ4n) is 1.04. The lowest BCUT2D eigenvalue weighted by Crippen LogP contribution is -1.73. The Labute approximate surface area is 78.9 Å². The van der Waals surface area contributed by atoms with Gasteiger partial charge in [-0.15, -0.1) is 0 Å². The van der Waals surface area contributed by atoms with Crippen molar-refractivity contribution in [3.05, 3.63) is 41.2 Å². The number of benzene rings is 1. The van der Waals surface area contributed by atoms with Crippen LogP contribution in [0.15, 0.2) is 41.2 Å². The quantitative estimate of drug-likeness (QED) is 0.418. The molecule has 0 amide bonds. The molecule has 0 aliphatic carbocycles. The molecule has 1 nitrogen and oxygen atoms in total. The van der Waals surface area contributed by atoms with E-state index in [1.807, 2.05) is 23.7 Å². The Hall–Kier alpha value is -0.800. The van der Waals surface area contributed by atoms with Gasteiger partial charge in [0.25, 0.3) is 0 Å². The zero-order valence-electron chi connectivity index (χ0n) is 6.34. The summed E-state index contributed by atoms with van der Waals surface area (Å²) < 4.78 is 0. The molecular weight excluding hydrogens is 186 g/mol. The first-order valence-corrected chi connectivity index (χ1v) is 5.99. The van der Waals surface area contributed by atoms with Crippen LogP contribution in [0.5, 0.6) is 0 Å². The molecule has 0 saturated heterocycles. The summed E-state index contributed by atoms with van der Waals surface area (Å²) in [5, 5.41) is 2.07. The van der Waals surface area contributed by atoms with Gasteiger partial charge in [-0.25, -0.2) is 0 Å². The van der Waals surface area contributed by atoms with E-state index < -0.39 is 0 Å². The number of thiol groups is 1. The minimum absolute atomic E-state index is 0.0627. The fraction of sp³-hybridized carbons (Fsp3) is 0. The molecule has 0 radical (unpaired) electrons. The summed E-state index contributed by atoms with van der Waals surface area (Å²) in [7, 11) is -0.0627.